The summed E-state index contributed by atoms with van der Waals surface area (Å²) in [5.41, 5.74) is 1.37. The van der Waals surface area contributed by atoms with E-state index in [9.17, 15) is 19.1 Å². The van der Waals surface area contributed by atoms with Crippen molar-refractivity contribution in [1.29, 1.82) is 0 Å². The molecular formula is C21H14ClFN4O3. The third-order valence-corrected chi connectivity index (χ3v) is 4.75. The van der Waals surface area contributed by atoms with Crippen LogP contribution in [0.1, 0.15) is 21.5 Å². The summed E-state index contributed by atoms with van der Waals surface area (Å²) >= 11 is 5.97. The number of carbonyl (C=O) groups excluding carboxylic acids is 1. The molecule has 3 heterocycles. The highest BCUT2D eigenvalue weighted by Gasteiger charge is 2.20. The molecule has 3 aromatic heterocycles. The fraction of sp³-hybridized carbons (Fsp3) is 0.0476. The molecule has 1 aromatic carbocycles. The molecule has 0 spiro atoms. The number of nitrogens with zero attached hydrogens (tertiary/aromatic N) is 3. The number of anilines is 1. The Labute approximate surface area is 174 Å². The molecule has 1 amide bonds. The molecule has 0 aliphatic carbocycles. The molecule has 150 valence electrons. The topological polar surface area (TPSA) is 99.2 Å². The highest BCUT2D eigenvalue weighted by molar-refractivity contribution is 6.31. The standard InChI is InChI=1S/C21H14ClFN4O3/c22-14-7-15-16(10-26-20(15)25-9-14)19(28)12-5-6-18(24-8-12)27(21(29)30)11-13-3-1-2-4-17(13)23/h1-10H,11H2,(H,25,26)(H,29,30). The number of carbonyl (C=O) groups is 2. The average Bonchev–Trinajstić information content (AvgIpc) is 3.15. The molecule has 0 radical (unpaired) electrons. The molecule has 0 bridgehead atoms. The van der Waals surface area contributed by atoms with E-state index in [1.54, 1.807) is 12.1 Å². The molecule has 0 aliphatic heterocycles. The molecule has 4 aromatic rings. The molecule has 30 heavy (non-hydrogen) atoms. The largest absolute Gasteiger partial charge is 0.465 e. The van der Waals surface area contributed by atoms with Crippen LogP contribution in [-0.2, 0) is 6.54 Å². The molecule has 0 aliphatic rings. The van der Waals surface area contributed by atoms with Crippen molar-refractivity contribution in [3.63, 3.8) is 0 Å². The number of pyridine rings is 2. The van der Waals surface area contributed by atoms with Gasteiger partial charge in [0.15, 0.2) is 5.78 Å². The van der Waals surface area contributed by atoms with Gasteiger partial charge in [-0.3, -0.25) is 9.69 Å². The summed E-state index contributed by atoms with van der Waals surface area (Å²) in [6, 6.07) is 10.4. The minimum Gasteiger partial charge on any atom is -0.465 e. The fourth-order valence-corrected chi connectivity index (χ4v) is 3.20. The van der Waals surface area contributed by atoms with Crippen LogP contribution >= 0.6 is 11.6 Å². The zero-order valence-electron chi connectivity index (χ0n) is 15.3. The number of benzene rings is 1. The summed E-state index contributed by atoms with van der Waals surface area (Å²) in [6.45, 7) is -0.213. The SMILES string of the molecule is O=C(c1ccc(N(Cc2ccccc2F)C(=O)O)nc1)c1c[nH]c2ncc(Cl)cc12. The highest BCUT2D eigenvalue weighted by atomic mass is 35.5. The second-order valence-corrected chi connectivity index (χ2v) is 6.88. The lowest BCUT2D eigenvalue weighted by Gasteiger charge is -2.18. The number of rotatable bonds is 5. The maximum Gasteiger partial charge on any atom is 0.413 e. The molecule has 0 saturated carbocycles. The summed E-state index contributed by atoms with van der Waals surface area (Å²) in [4.78, 5) is 36.6. The van der Waals surface area contributed by atoms with Gasteiger partial charge in [-0.25, -0.2) is 19.2 Å². The average molecular weight is 425 g/mol. The Bertz CT molecular complexity index is 1260. The van der Waals surface area contributed by atoms with Gasteiger partial charge in [-0.2, -0.15) is 0 Å². The predicted octanol–water partition coefficient (Wildman–Crippen LogP) is 4.67. The van der Waals surface area contributed by atoms with E-state index in [1.807, 2.05) is 0 Å². The van der Waals surface area contributed by atoms with Gasteiger partial charge < -0.3 is 10.1 Å². The molecular weight excluding hydrogens is 411 g/mol. The molecule has 0 fully saturated rings. The maximum absolute atomic E-state index is 13.9. The second kappa shape index (κ2) is 7.92. The monoisotopic (exact) mass is 424 g/mol. The Morgan fingerprint density at radius 3 is 2.63 bits per heavy atom. The zero-order chi connectivity index (χ0) is 21.3. The Hall–Kier alpha value is -3.78. The summed E-state index contributed by atoms with van der Waals surface area (Å²) in [5, 5.41) is 10.5. The first-order valence-corrected chi connectivity index (χ1v) is 9.19. The van der Waals surface area contributed by atoms with Crippen LogP contribution in [0.3, 0.4) is 0 Å². The van der Waals surface area contributed by atoms with E-state index in [4.69, 9.17) is 11.6 Å². The first kappa shape index (κ1) is 19.5. The normalized spacial score (nSPS) is 10.9. The summed E-state index contributed by atoms with van der Waals surface area (Å²) in [5.74, 6) is -0.756. The fourth-order valence-electron chi connectivity index (χ4n) is 3.04. The van der Waals surface area contributed by atoms with E-state index >= 15 is 0 Å². The highest BCUT2D eigenvalue weighted by Crippen LogP contribution is 2.24. The smallest absolute Gasteiger partial charge is 0.413 e. The lowest BCUT2D eigenvalue weighted by Crippen LogP contribution is -2.29. The number of H-pyrrole nitrogens is 1. The first-order chi connectivity index (χ1) is 14.4. The van der Waals surface area contributed by atoms with Crippen molar-refractivity contribution < 1.29 is 19.1 Å². The van der Waals surface area contributed by atoms with Crippen molar-refractivity contribution in [2.45, 2.75) is 6.54 Å². The van der Waals surface area contributed by atoms with Crippen molar-refractivity contribution >= 4 is 40.3 Å². The van der Waals surface area contributed by atoms with Gasteiger partial charge >= 0.3 is 6.09 Å². The number of aromatic amines is 1. The Morgan fingerprint density at radius 2 is 1.93 bits per heavy atom. The van der Waals surface area contributed by atoms with E-state index in [0.29, 0.717) is 21.6 Å². The number of nitrogens with one attached hydrogen (secondary N) is 1. The van der Waals surface area contributed by atoms with Crippen LogP contribution in [0.5, 0.6) is 0 Å². The lowest BCUT2D eigenvalue weighted by molar-refractivity contribution is 0.104. The minimum absolute atomic E-state index is 0.0749. The third kappa shape index (κ3) is 3.72. The Kier molecular flexibility index (Phi) is 5.16. The van der Waals surface area contributed by atoms with Crippen molar-refractivity contribution in [2.24, 2.45) is 0 Å². The molecule has 7 nitrogen and oxygen atoms in total. The molecule has 4 rings (SSSR count). The summed E-state index contributed by atoms with van der Waals surface area (Å²) < 4.78 is 13.9. The van der Waals surface area contributed by atoms with Crippen molar-refractivity contribution in [2.75, 3.05) is 4.90 Å². The third-order valence-electron chi connectivity index (χ3n) is 4.55. The van der Waals surface area contributed by atoms with Crippen molar-refractivity contribution in [1.82, 2.24) is 15.0 Å². The van der Waals surface area contributed by atoms with Gasteiger partial charge in [-0.05, 0) is 24.3 Å². The van der Waals surface area contributed by atoms with E-state index in [2.05, 4.69) is 15.0 Å². The van der Waals surface area contributed by atoms with Gasteiger partial charge in [0.1, 0.15) is 17.3 Å². The number of hydrogen-bond acceptors (Lipinski definition) is 4. The van der Waals surface area contributed by atoms with Crippen molar-refractivity contribution in [3.8, 4) is 0 Å². The number of hydrogen-bond donors (Lipinski definition) is 2. The predicted molar refractivity (Wildman–Crippen MR) is 109 cm³/mol. The second-order valence-electron chi connectivity index (χ2n) is 6.45. The van der Waals surface area contributed by atoms with Crippen LogP contribution < -0.4 is 4.90 Å². The number of aromatic nitrogens is 3. The Morgan fingerprint density at radius 1 is 1.13 bits per heavy atom. The van der Waals surface area contributed by atoms with Gasteiger partial charge in [-0.1, -0.05) is 29.8 Å². The number of amides is 1. The maximum atomic E-state index is 13.9. The zero-order valence-corrected chi connectivity index (χ0v) is 16.1. The quantitative estimate of drug-likeness (QED) is 0.454. The van der Waals surface area contributed by atoms with Crippen LogP contribution in [-0.4, -0.2) is 31.9 Å². The molecule has 0 atom stereocenters. The van der Waals surface area contributed by atoms with E-state index in [1.165, 1.54) is 48.9 Å². The van der Waals surface area contributed by atoms with Crippen LogP contribution in [0.4, 0.5) is 15.0 Å². The van der Waals surface area contributed by atoms with Gasteiger partial charge in [0.05, 0.1) is 11.6 Å². The lowest BCUT2D eigenvalue weighted by atomic mass is 10.1. The number of halogens is 2. The van der Waals surface area contributed by atoms with Gasteiger partial charge in [-0.15, -0.1) is 0 Å². The number of fused-ring (bicyclic) bond motifs is 1. The van der Waals surface area contributed by atoms with Crippen LogP contribution in [0.2, 0.25) is 5.02 Å². The van der Waals surface area contributed by atoms with Gasteiger partial charge in [0.2, 0.25) is 0 Å². The van der Waals surface area contributed by atoms with E-state index in [0.717, 1.165) is 4.90 Å². The first-order valence-electron chi connectivity index (χ1n) is 8.81. The molecule has 2 N–H and O–H groups in total. The van der Waals surface area contributed by atoms with E-state index in [-0.39, 0.29) is 29.3 Å². The molecule has 0 saturated heterocycles. The summed E-state index contributed by atoms with van der Waals surface area (Å²) in [7, 11) is 0. The molecule has 9 heteroatoms. The van der Waals surface area contributed by atoms with E-state index < -0.39 is 11.9 Å². The number of ketones is 1. The van der Waals surface area contributed by atoms with Crippen LogP contribution in [0.25, 0.3) is 11.0 Å². The van der Waals surface area contributed by atoms with Gasteiger partial charge in [0.25, 0.3) is 0 Å². The summed E-state index contributed by atoms with van der Waals surface area (Å²) in [6.07, 6.45) is 3.00. The minimum atomic E-state index is -1.29. The number of carboxylic acid groups (broad SMARTS) is 1. The van der Waals surface area contributed by atoms with Crippen molar-refractivity contribution in [3.05, 3.63) is 88.6 Å². The molecule has 0 unspecified atom stereocenters. The Balaban J connectivity index is 1.62. The van der Waals surface area contributed by atoms with Crippen LogP contribution in [0.15, 0.2) is 61.1 Å². The van der Waals surface area contributed by atoms with Crippen LogP contribution in [0, 0.1) is 5.82 Å². The van der Waals surface area contributed by atoms with Gasteiger partial charge in [0, 0.05) is 40.7 Å².